The second-order valence-electron chi connectivity index (χ2n) is 4.55. The topological polar surface area (TPSA) is 88.8 Å². The number of furan rings is 1. The number of hydrogen-bond donors (Lipinski definition) is 1. The molecule has 7 heteroatoms. The third-order valence-corrected chi connectivity index (χ3v) is 3.09. The molecule has 0 bridgehead atoms. The SMILES string of the molecule is O=C(Cc1ccoc1-c1ccc(F)cc1)C(=O)c1ncn[nH]1. The molecule has 0 radical (unpaired) electrons. The Morgan fingerprint density at radius 1 is 1.18 bits per heavy atom. The fraction of sp³-hybridized carbons (Fsp3) is 0.0667. The number of carbonyl (C=O) groups excluding carboxylic acids is 2. The van der Waals surface area contributed by atoms with E-state index in [9.17, 15) is 14.0 Å². The smallest absolute Gasteiger partial charge is 0.265 e. The van der Waals surface area contributed by atoms with Crippen LogP contribution in [-0.4, -0.2) is 26.7 Å². The summed E-state index contributed by atoms with van der Waals surface area (Å²) >= 11 is 0. The van der Waals surface area contributed by atoms with E-state index < -0.39 is 11.6 Å². The van der Waals surface area contributed by atoms with Crippen LogP contribution in [0, 0.1) is 5.82 Å². The van der Waals surface area contributed by atoms with Crippen LogP contribution in [0.1, 0.15) is 16.2 Å². The van der Waals surface area contributed by atoms with Crippen LogP contribution in [0.2, 0.25) is 0 Å². The minimum absolute atomic E-state index is 0.100. The molecule has 0 saturated heterocycles. The van der Waals surface area contributed by atoms with Crippen molar-refractivity contribution >= 4 is 11.6 Å². The Labute approximate surface area is 124 Å². The number of halogens is 1. The van der Waals surface area contributed by atoms with Crippen LogP contribution in [0.3, 0.4) is 0 Å². The fourth-order valence-electron chi connectivity index (χ4n) is 2.03. The number of nitrogens with zero attached hydrogens (tertiary/aromatic N) is 2. The number of H-pyrrole nitrogens is 1. The first-order valence-corrected chi connectivity index (χ1v) is 6.40. The number of hydrogen-bond acceptors (Lipinski definition) is 5. The van der Waals surface area contributed by atoms with Crippen LogP contribution >= 0.6 is 0 Å². The standard InChI is InChI=1S/C15H10FN3O3/c16-11-3-1-9(2-4-11)14-10(5-6-22-14)7-12(20)13(21)15-17-8-18-19-15/h1-6,8H,7H2,(H,17,18,19). The number of nitrogens with one attached hydrogen (secondary N) is 1. The van der Waals surface area contributed by atoms with Gasteiger partial charge < -0.3 is 4.42 Å². The Balaban J connectivity index is 1.82. The molecule has 0 spiro atoms. The van der Waals surface area contributed by atoms with Crippen molar-refractivity contribution < 1.29 is 18.4 Å². The molecular formula is C15H10FN3O3. The average Bonchev–Trinajstić information content (AvgIpc) is 3.18. The van der Waals surface area contributed by atoms with Gasteiger partial charge in [-0.3, -0.25) is 14.7 Å². The minimum Gasteiger partial charge on any atom is -0.464 e. The molecule has 2 heterocycles. The lowest BCUT2D eigenvalue weighted by molar-refractivity contribution is -0.114. The molecule has 0 aliphatic rings. The lowest BCUT2D eigenvalue weighted by Crippen LogP contribution is -2.18. The number of aromatic nitrogens is 3. The lowest BCUT2D eigenvalue weighted by atomic mass is 10.0. The number of rotatable bonds is 5. The first-order valence-electron chi connectivity index (χ1n) is 6.40. The summed E-state index contributed by atoms with van der Waals surface area (Å²) in [6.45, 7) is 0. The monoisotopic (exact) mass is 299 g/mol. The van der Waals surface area contributed by atoms with Gasteiger partial charge in [0.05, 0.1) is 6.26 Å². The molecule has 1 aromatic carbocycles. The van der Waals surface area contributed by atoms with E-state index in [-0.39, 0.29) is 18.1 Å². The first kappa shape index (κ1) is 13.9. The summed E-state index contributed by atoms with van der Waals surface area (Å²) < 4.78 is 18.3. The van der Waals surface area contributed by atoms with Gasteiger partial charge in [-0.25, -0.2) is 9.37 Å². The molecule has 22 heavy (non-hydrogen) atoms. The molecule has 3 aromatic rings. The molecule has 0 amide bonds. The highest BCUT2D eigenvalue weighted by Crippen LogP contribution is 2.25. The van der Waals surface area contributed by atoms with E-state index in [4.69, 9.17) is 4.42 Å². The van der Waals surface area contributed by atoms with Gasteiger partial charge in [-0.2, -0.15) is 5.10 Å². The molecule has 0 atom stereocenters. The van der Waals surface area contributed by atoms with Crippen LogP contribution in [0.4, 0.5) is 4.39 Å². The van der Waals surface area contributed by atoms with Gasteiger partial charge in [0, 0.05) is 17.5 Å². The van der Waals surface area contributed by atoms with Crippen LogP contribution in [0.15, 0.2) is 47.3 Å². The van der Waals surface area contributed by atoms with Gasteiger partial charge in [0.1, 0.15) is 17.9 Å². The average molecular weight is 299 g/mol. The first-order chi connectivity index (χ1) is 10.6. The van der Waals surface area contributed by atoms with Gasteiger partial charge >= 0.3 is 0 Å². The molecule has 2 aromatic heterocycles. The lowest BCUT2D eigenvalue weighted by Gasteiger charge is -2.02. The molecule has 0 unspecified atom stereocenters. The maximum absolute atomic E-state index is 13.0. The molecule has 3 rings (SSSR count). The van der Waals surface area contributed by atoms with E-state index in [1.165, 1.54) is 18.4 Å². The van der Waals surface area contributed by atoms with Crippen molar-refractivity contribution in [1.82, 2.24) is 15.2 Å². The number of Topliss-reactive ketones (excluding diaryl/α,β-unsaturated/α-hetero) is 2. The van der Waals surface area contributed by atoms with Gasteiger partial charge in [0.25, 0.3) is 5.78 Å². The molecule has 6 nitrogen and oxygen atoms in total. The highest BCUT2D eigenvalue weighted by Gasteiger charge is 2.21. The molecule has 0 saturated carbocycles. The molecule has 0 aliphatic heterocycles. The zero-order valence-electron chi connectivity index (χ0n) is 11.2. The van der Waals surface area contributed by atoms with E-state index in [0.29, 0.717) is 16.9 Å². The predicted octanol–water partition coefficient (Wildman–Crippen LogP) is 2.20. The van der Waals surface area contributed by atoms with E-state index in [2.05, 4.69) is 15.2 Å². The Bertz CT molecular complexity index is 807. The largest absolute Gasteiger partial charge is 0.464 e. The van der Waals surface area contributed by atoms with Crippen molar-refractivity contribution in [3.05, 3.63) is 60.1 Å². The number of aromatic amines is 1. The molecule has 1 N–H and O–H groups in total. The number of ketones is 2. The summed E-state index contributed by atoms with van der Waals surface area (Å²) in [6.07, 6.45) is 2.44. The van der Waals surface area contributed by atoms with E-state index in [1.54, 1.807) is 18.2 Å². The normalized spacial score (nSPS) is 10.6. The van der Waals surface area contributed by atoms with Crippen molar-refractivity contribution in [2.75, 3.05) is 0 Å². The molecular weight excluding hydrogens is 289 g/mol. The fourth-order valence-corrected chi connectivity index (χ4v) is 2.03. The van der Waals surface area contributed by atoms with Crippen molar-refractivity contribution in [2.45, 2.75) is 6.42 Å². The third-order valence-electron chi connectivity index (χ3n) is 3.09. The summed E-state index contributed by atoms with van der Waals surface area (Å²) in [5.74, 6) is -1.42. The van der Waals surface area contributed by atoms with Crippen LogP contribution < -0.4 is 0 Å². The van der Waals surface area contributed by atoms with E-state index in [1.807, 2.05) is 0 Å². The molecule has 110 valence electrons. The summed E-state index contributed by atoms with van der Waals surface area (Å²) in [6, 6.07) is 7.28. The van der Waals surface area contributed by atoms with Gasteiger partial charge in [0.15, 0.2) is 5.82 Å². The van der Waals surface area contributed by atoms with Gasteiger partial charge in [0.2, 0.25) is 5.78 Å². The second kappa shape index (κ2) is 5.72. The van der Waals surface area contributed by atoms with Gasteiger partial charge in [-0.15, -0.1) is 0 Å². The molecule has 0 fully saturated rings. The van der Waals surface area contributed by atoms with Crippen molar-refractivity contribution in [2.24, 2.45) is 0 Å². The van der Waals surface area contributed by atoms with E-state index in [0.717, 1.165) is 6.33 Å². The van der Waals surface area contributed by atoms with Crippen molar-refractivity contribution in [3.63, 3.8) is 0 Å². The maximum atomic E-state index is 13.0. The van der Waals surface area contributed by atoms with Crippen molar-refractivity contribution in [1.29, 1.82) is 0 Å². The summed E-state index contributed by atoms with van der Waals surface area (Å²) in [7, 11) is 0. The second-order valence-corrected chi connectivity index (χ2v) is 4.55. The summed E-state index contributed by atoms with van der Waals surface area (Å²) in [5, 5.41) is 5.89. The number of carbonyl (C=O) groups is 2. The van der Waals surface area contributed by atoms with Gasteiger partial charge in [-0.05, 0) is 30.3 Å². The molecule has 0 aliphatic carbocycles. The van der Waals surface area contributed by atoms with Gasteiger partial charge in [-0.1, -0.05) is 0 Å². The minimum atomic E-state index is -0.747. The Kier molecular flexibility index (Phi) is 3.61. The Morgan fingerprint density at radius 2 is 1.95 bits per heavy atom. The summed E-state index contributed by atoms with van der Waals surface area (Å²) in [4.78, 5) is 27.5. The zero-order valence-corrected chi connectivity index (χ0v) is 11.2. The Hall–Kier alpha value is -3.09. The van der Waals surface area contributed by atoms with Crippen LogP contribution in [0.25, 0.3) is 11.3 Å². The summed E-state index contributed by atoms with van der Waals surface area (Å²) in [5.41, 5.74) is 1.17. The highest BCUT2D eigenvalue weighted by molar-refractivity contribution is 6.43. The van der Waals surface area contributed by atoms with Crippen LogP contribution in [0.5, 0.6) is 0 Å². The third kappa shape index (κ3) is 2.69. The maximum Gasteiger partial charge on any atom is 0.265 e. The van der Waals surface area contributed by atoms with Crippen molar-refractivity contribution in [3.8, 4) is 11.3 Å². The zero-order chi connectivity index (χ0) is 15.5. The highest BCUT2D eigenvalue weighted by atomic mass is 19.1. The van der Waals surface area contributed by atoms with E-state index >= 15 is 0 Å². The number of benzene rings is 1. The van der Waals surface area contributed by atoms with Crippen LogP contribution in [-0.2, 0) is 11.2 Å². The quantitative estimate of drug-likeness (QED) is 0.576. The Morgan fingerprint density at radius 3 is 2.64 bits per heavy atom. The predicted molar refractivity (Wildman–Crippen MR) is 73.5 cm³/mol.